The van der Waals surface area contributed by atoms with Gasteiger partial charge in [-0.15, -0.1) is 0 Å². The molecule has 1 aromatic rings. The lowest BCUT2D eigenvalue weighted by Gasteiger charge is -2.25. The first kappa shape index (κ1) is 12.0. The molecule has 2 atom stereocenters. The van der Waals surface area contributed by atoms with Crippen molar-refractivity contribution in [3.8, 4) is 0 Å². The number of carbonyl (C=O) groups is 2. The molecule has 2 aliphatic rings. The van der Waals surface area contributed by atoms with Crippen molar-refractivity contribution in [2.45, 2.75) is 37.5 Å². The van der Waals surface area contributed by atoms with Crippen LogP contribution in [0.3, 0.4) is 0 Å². The summed E-state index contributed by atoms with van der Waals surface area (Å²) in [6, 6.07) is 9.67. The van der Waals surface area contributed by atoms with Crippen LogP contribution in [0.15, 0.2) is 30.3 Å². The highest BCUT2D eigenvalue weighted by atomic mass is 16.5. The normalized spacial score (nSPS) is 28.0. The summed E-state index contributed by atoms with van der Waals surface area (Å²) in [5.74, 6) is -0.0830. The van der Waals surface area contributed by atoms with E-state index in [1.54, 1.807) is 0 Å². The number of hydrogen-bond acceptors (Lipinski definition) is 3. The summed E-state index contributed by atoms with van der Waals surface area (Å²) in [5.41, 5.74) is 0.189. The summed E-state index contributed by atoms with van der Waals surface area (Å²) < 4.78 is 5.15. The molecule has 19 heavy (non-hydrogen) atoms. The minimum atomic E-state index is -0.738. The number of ether oxygens (including phenoxy) is 1. The molecular weight excluding hydrogens is 244 g/mol. The van der Waals surface area contributed by atoms with Crippen molar-refractivity contribution in [2.24, 2.45) is 0 Å². The zero-order chi connectivity index (χ0) is 13.3. The second kappa shape index (κ2) is 4.57. The van der Waals surface area contributed by atoms with Gasteiger partial charge in [-0.05, 0) is 24.8 Å². The van der Waals surface area contributed by atoms with Gasteiger partial charge in [-0.2, -0.15) is 0 Å². The standard InChI is InChI=1S/C14H16N2O3/c17-12-14(7-6-11(8-14)15-12)16-13(18)19-9-10-4-2-1-3-5-10/h1-5,11H,6-9H2,(H,15,17)(H,16,18). The summed E-state index contributed by atoms with van der Waals surface area (Å²) >= 11 is 0. The van der Waals surface area contributed by atoms with E-state index in [4.69, 9.17) is 4.74 Å². The van der Waals surface area contributed by atoms with Gasteiger partial charge in [0.1, 0.15) is 12.1 Å². The van der Waals surface area contributed by atoms with E-state index in [9.17, 15) is 9.59 Å². The smallest absolute Gasteiger partial charge is 0.408 e. The Morgan fingerprint density at radius 1 is 1.42 bits per heavy atom. The van der Waals surface area contributed by atoms with Gasteiger partial charge in [-0.3, -0.25) is 4.79 Å². The fourth-order valence-corrected chi connectivity index (χ4v) is 2.82. The van der Waals surface area contributed by atoms with Gasteiger partial charge in [0, 0.05) is 6.04 Å². The van der Waals surface area contributed by atoms with Gasteiger partial charge in [-0.25, -0.2) is 4.79 Å². The summed E-state index contributed by atoms with van der Waals surface area (Å²) in [6.07, 6.45) is 1.77. The average molecular weight is 260 g/mol. The van der Waals surface area contributed by atoms with Gasteiger partial charge in [0.2, 0.25) is 5.91 Å². The molecule has 1 aliphatic carbocycles. The van der Waals surface area contributed by atoms with E-state index < -0.39 is 11.6 Å². The predicted molar refractivity (Wildman–Crippen MR) is 68.3 cm³/mol. The van der Waals surface area contributed by atoms with E-state index in [-0.39, 0.29) is 18.6 Å². The highest BCUT2D eigenvalue weighted by molar-refractivity contribution is 5.93. The molecule has 0 radical (unpaired) electrons. The van der Waals surface area contributed by atoms with E-state index in [1.165, 1.54) is 0 Å². The summed E-state index contributed by atoms with van der Waals surface area (Å²) in [6.45, 7) is 0.216. The molecule has 5 nitrogen and oxygen atoms in total. The maximum atomic E-state index is 11.8. The lowest BCUT2D eigenvalue weighted by molar-refractivity contribution is -0.125. The van der Waals surface area contributed by atoms with E-state index >= 15 is 0 Å². The molecule has 1 saturated heterocycles. The Labute approximate surface area is 111 Å². The van der Waals surface area contributed by atoms with E-state index in [0.717, 1.165) is 12.0 Å². The number of benzene rings is 1. The lowest BCUT2D eigenvalue weighted by atomic mass is 9.99. The maximum absolute atomic E-state index is 11.8. The van der Waals surface area contributed by atoms with Crippen LogP contribution in [0.5, 0.6) is 0 Å². The Morgan fingerprint density at radius 2 is 2.21 bits per heavy atom. The van der Waals surface area contributed by atoms with Crippen molar-refractivity contribution < 1.29 is 14.3 Å². The van der Waals surface area contributed by atoms with Gasteiger partial charge >= 0.3 is 6.09 Å². The molecule has 2 fully saturated rings. The van der Waals surface area contributed by atoms with Gasteiger partial charge in [-0.1, -0.05) is 30.3 Å². The van der Waals surface area contributed by atoms with Gasteiger partial charge in [0.05, 0.1) is 0 Å². The molecule has 1 heterocycles. The van der Waals surface area contributed by atoms with Crippen LogP contribution in [-0.4, -0.2) is 23.6 Å². The number of alkyl carbamates (subject to hydrolysis) is 1. The van der Waals surface area contributed by atoms with Crippen LogP contribution in [-0.2, 0) is 16.1 Å². The van der Waals surface area contributed by atoms with Crippen molar-refractivity contribution in [1.82, 2.24) is 10.6 Å². The molecule has 2 bridgehead atoms. The van der Waals surface area contributed by atoms with Crippen LogP contribution in [0.25, 0.3) is 0 Å². The number of piperidine rings is 1. The second-order valence-electron chi connectivity index (χ2n) is 5.18. The number of fused-ring (bicyclic) bond motifs is 2. The number of carbonyl (C=O) groups excluding carboxylic acids is 2. The highest BCUT2D eigenvalue weighted by Crippen LogP contribution is 2.36. The quantitative estimate of drug-likeness (QED) is 0.861. The number of nitrogens with one attached hydrogen (secondary N) is 2. The van der Waals surface area contributed by atoms with Gasteiger partial charge in [0.25, 0.3) is 0 Å². The summed E-state index contributed by atoms with van der Waals surface area (Å²) in [5, 5.41) is 5.59. The van der Waals surface area contributed by atoms with E-state index in [0.29, 0.717) is 12.8 Å². The predicted octanol–water partition coefficient (Wildman–Crippen LogP) is 1.33. The minimum Gasteiger partial charge on any atom is -0.445 e. The minimum absolute atomic E-state index is 0.0830. The monoisotopic (exact) mass is 260 g/mol. The Balaban J connectivity index is 1.56. The Bertz CT molecular complexity index is 503. The largest absolute Gasteiger partial charge is 0.445 e. The van der Waals surface area contributed by atoms with Crippen LogP contribution in [0.4, 0.5) is 4.79 Å². The number of amides is 2. The topological polar surface area (TPSA) is 67.4 Å². The van der Waals surface area contributed by atoms with Crippen molar-refractivity contribution in [3.63, 3.8) is 0 Å². The molecule has 0 aromatic heterocycles. The third kappa shape index (κ3) is 2.28. The molecule has 2 unspecified atom stereocenters. The fourth-order valence-electron chi connectivity index (χ4n) is 2.82. The molecular formula is C14H16N2O3. The molecule has 2 amide bonds. The highest BCUT2D eigenvalue weighted by Gasteiger charge is 2.53. The van der Waals surface area contributed by atoms with E-state index in [2.05, 4.69) is 10.6 Å². The fraction of sp³-hybridized carbons (Fsp3) is 0.429. The first-order chi connectivity index (χ1) is 9.18. The van der Waals surface area contributed by atoms with E-state index in [1.807, 2.05) is 30.3 Å². The Kier molecular flexibility index (Phi) is 2.89. The summed E-state index contributed by atoms with van der Waals surface area (Å²) in [4.78, 5) is 23.6. The molecule has 2 N–H and O–H groups in total. The number of hydrogen-bond donors (Lipinski definition) is 2. The molecule has 100 valence electrons. The van der Waals surface area contributed by atoms with Gasteiger partial charge in [0.15, 0.2) is 0 Å². The van der Waals surface area contributed by atoms with Crippen LogP contribution in [0.1, 0.15) is 24.8 Å². The average Bonchev–Trinajstić information content (AvgIpc) is 2.94. The third-order valence-electron chi connectivity index (χ3n) is 3.84. The molecule has 1 aromatic carbocycles. The van der Waals surface area contributed by atoms with Crippen LogP contribution >= 0.6 is 0 Å². The molecule has 1 aliphatic heterocycles. The lowest BCUT2D eigenvalue weighted by Crippen LogP contribution is -2.54. The SMILES string of the molecule is O=C(NC12CCC(C1)NC2=O)OCc1ccccc1. The first-order valence-electron chi connectivity index (χ1n) is 6.48. The zero-order valence-corrected chi connectivity index (χ0v) is 10.5. The first-order valence-corrected chi connectivity index (χ1v) is 6.48. The number of rotatable bonds is 3. The molecule has 1 saturated carbocycles. The second-order valence-corrected chi connectivity index (χ2v) is 5.18. The maximum Gasteiger partial charge on any atom is 0.408 e. The molecule has 5 heteroatoms. The van der Waals surface area contributed by atoms with Crippen molar-refractivity contribution in [3.05, 3.63) is 35.9 Å². The van der Waals surface area contributed by atoms with Crippen LogP contribution in [0.2, 0.25) is 0 Å². The van der Waals surface area contributed by atoms with Crippen LogP contribution < -0.4 is 10.6 Å². The summed E-state index contributed by atoms with van der Waals surface area (Å²) in [7, 11) is 0. The Hall–Kier alpha value is -2.04. The molecule has 3 rings (SSSR count). The Morgan fingerprint density at radius 3 is 2.84 bits per heavy atom. The zero-order valence-electron chi connectivity index (χ0n) is 10.5. The van der Waals surface area contributed by atoms with Crippen molar-refractivity contribution in [2.75, 3.05) is 0 Å². The van der Waals surface area contributed by atoms with Crippen molar-refractivity contribution in [1.29, 1.82) is 0 Å². The van der Waals surface area contributed by atoms with Crippen molar-refractivity contribution >= 4 is 12.0 Å². The third-order valence-corrected chi connectivity index (χ3v) is 3.84. The van der Waals surface area contributed by atoms with Crippen LogP contribution in [0, 0.1) is 0 Å². The molecule has 0 spiro atoms. The van der Waals surface area contributed by atoms with Gasteiger partial charge < -0.3 is 15.4 Å².